The lowest BCUT2D eigenvalue weighted by Crippen LogP contribution is -2.35. The number of aromatic nitrogens is 1. The van der Waals surface area contributed by atoms with Gasteiger partial charge in [-0.25, -0.2) is 0 Å². The third kappa shape index (κ3) is 3.29. The minimum Gasteiger partial charge on any atom is -0.381 e. The number of rotatable bonds is 5. The van der Waals surface area contributed by atoms with Crippen molar-refractivity contribution in [1.82, 2.24) is 10.3 Å². The second-order valence-corrected chi connectivity index (χ2v) is 4.44. The van der Waals surface area contributed by atoms with Crippen LogP contribution in [-0.4, -0.2) is 30.8 Å². The zero-order valence-electron chi connectivity index (χ0n) is 9.86. The molecular formula is C13H20N2O. The van der Waals surface area contributed by atoms with Crippen LogP contribution in [0, 0.1) is 5.92 Å². The summed E-state index contributed by atoms with van der Waals surface area (Å²) in [6.45, 7) is 5.08. The molecular weight excluding hydrogens is 200 g/mol. The van der Waals surface area contributed by atoms with E-state index in [0.29, 0.717) is 12.0 Å². The van der Waals surface area contributed by atoms with Crippen LogP contribution in [0.2, 0.25) is 0 Å². The molecule has 1 saturated heterocycles. The molecule has 1 fully saturated rings. The lowest BCUT2D eigenvalue weighted by Gasteiger charge is -2.18. The molecule has 16 heavy (non-hydrogen) atoms. The maximum Gasteiger partial charge on any atom is 0.0509 e. The van der Waals surface area contributed by atoms with Crippen molar-refractivity contribution in [1.29, 1.82) is 0 Å². The van der Waals surface area contributed by atoms with Gasteiger partial charge in [-0.3, -0.25) is 4.98 Å². The molecule has 2 atom stereocenters. The molecule has 88 valence electrons. The Morgan fingerprint density at radius 3 is 3.19 bits per heavy atom. The maximum atomic E-state index is 5.39. The number of hydrogen-bond acceptors (Lipinski definition) is 3. The van der Waals surface area contributed by atoms with Crippen LogP contribution in [0.1, 0.15) is 19.0 Å². The minimum absolute atomic E-state index is 0.547. The van der Waals surface area contributed by atoms with Crippen LogP contribution in [0.3, 0.4) is 0 Å². The van der Waals surface area contributed by atoms with Crippen LogP contribution in [0.25, 0.3) is 0 Å². The Kier molecular flexibility index (Phi) is 4.31. The van der Waals surface area contributed by atoms with E-state index in [4.69, 9.17) is 4.74 Å². The Morgan fingerprint density at radius 1 is 1.56 bits per heavy atom. The zero-order chi connectivity index (χ0) is 11.2. The molecule has 2 unspecified atom stereocenters. The van der Waals surface area contributed by atoms with Gasteiger partial charge in [-0.05, 0) is 31.4 Å². The van der Waals surface area contributed by atoms with Gasteiger partial charge in [0, 0.05) is 37.5 Å². The highest BCUT2D eigenvalue weighted by atomic mass is 16.5. The zero-order valence-corrected chi connectivity index (χ0v) is 9.86. The van der Waals surface area contributed by atoms with E-state index in [1.807, 2.05) is 18.3 Å². The molecule has 3 nitrogen and oxygen atoms in total. The molecule has 0 bridgehead atoms. The third-order valence-corrected chi connectivity index (χ3v) is 3.25. The van der Waals surface area contributed by atoms with Gasteiger partial charge in [0.05, 0.1) is 6.61 Å². The standard InChI is InChI=1S/C13H20N2O/c1-11(12-6-9-16-10-12)14-8-5-13-4-2-3-7-15-13/h2-4,7,11-12,14H,5-6,8-10H2,1H3. The summed E-state index contributed by atoms with van der Waals surface area (Å²) in [6, 6.07) is 6.61. The summed E-state index contributed by atoms with van der Waals surface area (Å²) >= 11 is 0. The first kappa shape index (κ1) is 11.6. The van der Waals surface area contributed by atoms with E-state index in [0.717, 1.165) is 31.9 Å². The summed E-state index contributed by atoms with van der Waals surface area (Å²) in [7, 11) is 0. The summed E-state index contributed by atoms with van der Waals surface area (Å²) in [5, 5.41) is 3.55. The first-order valence-corrected chi connectivity index (χ1v) is 6.07. The van der Waals surface area contributed by atoms with E-state index in [2.05, 4.69) is 23.3 Å². The van der Waals surface area contributed by atoms with Crippen molar-refractivity contribution in [3.8, 4) is 0 Å². The summed E-state index contributed by atoms with van der Waals surface area (Å²) in [4.78, 5) is 4.31. The van der Waals surface area contributed by atoms with Gasteiger partial charge in [-0.1, -0.05) is 6.07 Å². The van der Waals surface area contributed by atoms with Crippen LogP contribution < -0.4 is 5.32 Å². The van der Waals surface area contributed by atoms with E-state index in [-0.39, 0.29) is 0 Å². The minimum atomic E-state index is 0.547. The van der Waals surface area contributed by atoms with Crippen LogP contribution in [0.5, 0.6) is 0 Å². The molecule has 3 heteroatoms. The Labute approximate surface area is 97.2 Å². The average Bonchev–Trinajstić information content (AvgIpc) is 2.84. The molecule has 1 aliphatic heterocycles. The molecule has 1 aromatic heterocycles. The highest BCUT2D eigenvalue weighted by Crippen LogP contribution is 2.16. The van der Waals surface area contributed by atoms with E-state index >= 15 is 0 Å². The van der Waals surface area contributed by atoms with Gasteiger partial charge in [0.25, 0.3) is 0 Å². The number of ether oxygens (including phenoxy) is 1. The quantitative estimate of drug-likeness (QED) is 0.819. The van der Waals surface area contributed by atoms with Gasteiger partial charge < -0.3 is 10.1 Å². The highest BCUT2D eigenvalue weighted by Gasteiger charge is 2.21. The lowest BCUT2D eigenvalue weighted by molar-refractivity contribution is 0.178. The number of hydrogen-bond donors (Lipinski definition) is 1. The summed E-state index contributed by atoms with van der Waals surface area (Å²) in [5.41, 5.74) is 1.16. The van der Waals surface area contributed by atoms with Crippen molar-refractivity contribution in [2.45, 2.75) is 25.8 Å². The predicted molar refractivity (Wildman–Crippen MR) is 64.3 cm³/mol. The van der Waals surface area contributed by atoms with E-state index in [1.54, 1.807) is 0 Å². The number of pyridine rings is 1. The molecule has 2 heterocycles. The fourth-order valence-electron chi connectivity index (χ4n) is 2.09. The molecule has 1 aliphatic rings. The second kappa shape index (κ2) is 5.97. The lowest BCUT2D eigenvalue weighted by atomic mass is 10.0. The number of nitrogens with zero attached hydrogens (tertiary/aromatic N) is 1. The number of nitrogens with one attached hydrogen (secondary N) is 1. The monoisotopic (exact) mass is 220 g/mol. The van der Waals surface area contributed by atoms with Crippen molar-refractivity contribution < 1.29 is 4.74 Å². The van der Waals surface area contributed by atoms with Crippen LogP contribution in [0.15, 0.2) is 24.4 Å². The Hall–Kier alpha value is -0.930. The molecule has 1 aromatic rings. The summed E-state index contributed by atoms with van der Waals surface area (Å²) in [5.74, 6) is 0.684. The topological polar surface area (TPSA) is 34.2 Å². The summed E-state index contributed by atoms with van der Waals surface area (Å²) in [6.07, 6.45) is 4.04. The van der Waals surface area contributed by atoms with Gasteiger partial charge >= 0.3 is 0 Å². The Morgan fingerprint density at radius 2 is 2.50 bits per heavy atom. The van der Waals surface area contributed by atoms with Crippen molar-refractivity contribution in [3.63, 3.8) is 0 Å². The van der Waals surface area contributed by atoms with Gasteiger partial charge in [-0.15, -0.1) is 0 Å². The maximum absolute atomic E-state index is 5.39. The third-order valence-electron chi connectivity index (χ3n) is 3.25. The summed E-state index contributed by atoms with van der Waals surface area (Å²) < 4.78 is 5.39. The first-order chi connectivity index (χ1) is 7.86. The van der Waals surface area contributed by atoms with E-state index < -0.39 is 0 Å². The van der Waals surface area contributed by atoms with Crippen molar-refractivity contribution >= 4 is 0 Å². The molecule has 0 aliphatic carbocycles. The molecule has 0 spiro atoms. The predicted octanol–water partition coefficient (Wildman–Crippen LogP) is 1.64. The smallest absolute Gasteiger partial charge is 0.0509 e. The largest absolute Gasteiger partial charge is 0.381 e. The average molecular weight is 220 g/mol. The van der Waals surface area contributed by atoms with Gasteiger partial charge in [-0.2, -0.15) is 0 Å². The van der Waals surface area contributed by atoms with Crippen LogP contribution >= 0.6 is 0 Å². The SMILES string of the molecule is CC(NCCc1ccccn1)C1CCOC1. The van der Waals surface area contributed by atoms with Crippen molar-refractivity contribution in [3.05, 3.63) is 30.1 Å². The van der Waals surface area contributed by atoms with Crippen LogP contribution in [-0.2, 0) is 11.2 Å². The first-order valence-electron chi connectivity index (χ1n) is 6.07. The molecule has 0 radical (unpaired) electrons. The molecule has 2 rings (SSSR count). The Balaban J connectivity index is 1.67. The second-order valence-electron chi connectivity index (χ2n) is 4.44. The van der Waals surface area contributed by atoms with Crippen molar-refractivity contribution in [2.75, 3.05) is 19.8 Å². The van der Waals surface area contributed by atoms with Crippen LogP contribution in [0.4, 0.5) is 0 Å². The van der Waals surface area contributed by atoms with Gasteiger partial charge in [0.15, 0.2) is 0 Å². The molecule has 0 saturated carbocycles. The van der Waals surface area contributed by atoms with E-state index in [1.165, 1.54) is 6.42 Å². The highest BCUT2D eigenvalue weighted by molar-refractivity contribution is 5.03. The van der Waals surface area contributed by atoms with Crippen molar-refractivity contribution in [2.24, 2.45) is 5.92 Å². The normalized spacial score (nSPS) is 22.2. The Bertz CT molecular complexity index is 296. The van der Waals surface area contributed by atoms with Gasteiger partial charge in [0.2, 0.25) is 0 Å². The van der Waals surface area contributed by atoms with Gasteiger partial charge in [0.1, 0.15) is 0 Å². The molecule has 0 aromatic carbocycles. The fourth-order valence-corrected chi connectivity index (χ4v) is 2.09. The fraction of sp³-hybridized carbons (Fsp3) is 0.615. The van der Waals surface area contributed by atoms with E-state index in [9.17, 15) is 0 Å². The molecule has 0 amide bonds. The molecule has 1 N–H and O–H groups in total.